The standard InChI is InChI=1S/C23H28N6O5S/c1-15-11-22(2,3)14-23(12-15)19(31)29(21(32)27-23)13-18(30)26-16-5-7-17(8-6-16)35(33,34)28-20-24-9-4-10-25-20/h4-10,15H,11-14H2,1-3H3,(H,26,30)(H,27,32)(H,24,25,28)/t15-,23+/m0/s1. The number of imide groups is 1. The van der Waals surface area contributed by atoms with Gasteiger partial charge in [-0.2, -0.15) is 0 Å². The molecule has 0 unspecified atom stereocenters. The minimum Gasteiger partial charge on any atom is -0.325 e. The SMILES string of the molecule is C[C@H]1CC(C)(C)C[C@@]2(C1)NC(=O)N(CC(=O)Nc1ccc(S(=O)(=O)Nc3ncccn3)cc1)C2=O. The number of hydrogen-bond donors (Lipinski definition) is 3. The van der Waals surface area contributed by atoms with E-state index in [2.05, 4.69) is 46.1 Å². The molecule has 1 aliphatic carbocycles. The number of rotatable bonds is 6. The van der Waals surface area contributed by atoms with Crippen molar-refractivity contribution in [1.29, 1.82) is 0 Å². The van der Waals surface area contributed by atoms with E-state index in [9.17, 15) is 22.8 Å². The van der Waals surface area contributed by atoms with Crippen molar-refractivity contribution in [2.24, 2.45) is 11.3 Å². The van der Waals surface area contributed by atoms with Crippen LogP contribution in [0, 0.1) is 11.3 Å². The van der Waals surface area contributed by atoms with E-state index < -0.39 is 34.0 Å². The van der Waals surface area contributed by atoms with Crippen LogP contribution in [0.4, 0.5) is 16.4 Å². The highest BCUT2D eigenvalue weighted by Crippen LogP contribution is 2.46. The maximum Gasteiger partial charge on any atom is 0.325 e. The molecule has 4 amide bonds. The first-order valence-electron chi connectivity index (χ1n) is 11.2. The first-order chi connectivity index (χ1) is 16.4. The zero-order valence-corrected chi connectivity index (χ0v) is 20.6. The fourth-order valence-corrected chi connectivity index (χ4v) is 6.20. The summed E-state index contributed by atoms with van der Waals surface area (Å²) in [6, 6.07) is 6.44. The summed E-state index contributed by atoms with van der Waals surface area (Å²) in [4.78, 5) is 47.0. The molecule has 1 saturated carbocycles. The van der Waals surface area contributed by atoms with Crippen molar-refractivity contribution < 1.29 is 22.8 Å². The predicted octanol–water partition coefficient (Wildman–Crippen LogP) is 2.35. The van der Waals surface area contributed by atoms with Gasteiger partial charge in [0.1, 0.15) is 12.1 Å². The quantitative estimate of drug-likeness (QED) is 0.515. The van der Waals surface area contributed by atoms with E-state index in [-0.39, 0.29) is 28.1 Å². The molecule has 2 atom stereocenters. The molecular formula is C23H28N6O5S. The number of carbonyl (C=O) groups excluding carboxylic acids is 3. The zero-order valence-electron chi connectivity index (χ0n) is 19.7. The number of amides is 4. The summed E-state index contributed by atoms with van der Waals surface area (Å²) in [5, 5.41) is 5.44. The number of hydrogen-bond acceptors (Lipinski definition) is 7. The van der Waals surface area contributed by atoms with Crippen LogP contribution in [0.2, 0.25) is 0 Å². The van der Waals surface area contributed by atoms with Crippen LogP contribution in [0.1, 0.15) is 40.0 Å². The van der Waals surface area contributed by atoms with Crippen molar-refractivity contribution >= 4 is 39.5 Å². The Labute approximate surface area is 203 Å². The van der Waals surface area contributed by atoms with Crippen LogP contribution in [0.3, 0.4) is 0 Å². The molecule has 2 aliphatic rings. The highest BCUT2D eigenvalue weighted by Gasteiger charge is 2.56. The Morgan fingerprint density at radius 3 is 2.43 bits per heavy atom. The lowest BCUT2D eigenvalue weighted by atomic mass is 9.64. The Morgan fingerprint density at radius 2 is 1.80 bits per heavy atom. The zero-order chi connectivity index (χ0) is 25.4. The Hall–Kier alpha value is -3.54. The van der Waals surface area contributed by atoms with E-state index >= 15 is 0 Å². The van der Waals surface area contributed by atoms with Gasteiger partial charge in [-0.1, -0.05) is 20.8 Å². The first-order valence-corrected chi connectivity index (χ1v) is 12.7. The number of urea groups is 1. The number of anilines is 2. The Bertz CT molecular complexity index is 1250. The lowest BCUT2D eigenvalue weighted by molar-refractivity contribution is -0.136. The van der Waals surface area contributed by atoms with Gasteiger partial charge in [-0.3, -0.25) is 14.5 Å². The smallest absolute Gasteiger partial charge is 0.325 e. The van der Waals surface area contributed by atoms with Crippen molar-refractivity contribution in [3.63, 3.8) is 0 Å². The molecule has 2 heterocycles. The van der Waals surface area contributed by atoms with E-state index in [0.717, 1.165) is 11.3 Å². The summed E-state index contributed by atoms with van der Waals surface area (Å²) in [5.41, 5.74) is -0.772. The summed E-state index contributed by atoms with van der Waals surface area (Å²) in [6.45, 7) is 5.77. The summed E-state index contributed by atoms with van der Waals surface area (Å²) in [7, 11) is -3.92. The average Bonchev–Trinajstić information content (AvgIpc) is 2.96. The van der Waals surface area contributed by atoms with Gasteiger partial charge >= 0.3 is 6.03 Å². The number of benzene rings is 1. The summed E-state index contributed by atoms with van der Waals surface area (Å²) in [5.74, 6) is -0.755. The highest BCUT2D eigenvalue weighted by atomic mass is 32.2. The van der Waals surface area contributed by atoms with Crippen LogP contribution in [0.5, 0.6) is 0 Å². The van der Waals surface area contributed by atoms with Crippen LogP contribution in [0.25, 0.3) is 0 Å². The van der Waals surface area contributed by atoms with Crippen molar-refractivity contribution in [3.8, 4) is 0 Å². The second kappa shape index (κ2) is 8.91. The van der Waals surface area contributed by atoms with Crippen LogP contribution in [0.15, 0.2) is 47.6 Å². The average molecular weight is 501 g/mol. The van der Waals surface area contributed by atoms with Gasteiger partial charge in [0.05, 0.1) is 4.90 Å². The van der Waals surface area contributed by atoms with Gasteiger partial charge < -0.3 is 10.6 Å². The van der Waals surface area contributed by atoms with E-state index in [4.69, 9.17) is 0 Å². The van der Waals surface area contributed by atoms with Crippen LogP contribution in [-0.2, 0) is 19.6 Å². The lowest BCUT2D eigenvalue weighted by Crippen LogP contribution is -2.54. The van der Waals surface area contributed by atoms with Crippen LogP contribution >= 0.6 is 0 Å². The molecule has 3 N–H and O–H groups in total. The molecular weight excluding hydrogens is 472 g/mol. The van der Waals surface area contributed by atoms with Gasteiger partial charge in [0.2, 0.25) is 11.9 Å². The van der Waals surface area contributed by atoms with E-state index in [1.165, 1.54) is 36.7 Å². The van der Waals surface area contributed by atoms with Gasteiger partial charge in [-0.05, 0) is 60.9 Å². The summed E-state index contributed by atoms with van der Waals surface area (Å²) < 4.78 is 27.2. The minimum absolute atomic E-state index is 0.0481. The largest absolute Gasteiger partial charge is 0.325 e. The summed E-state index contributed by atoms with van der Waals surface area (Å²) >= 11 is 0. The van der Waals surface area contributed by atoms with Crippen LogP contribution in [-0.4, -0.2) is 53.2 Å². The van der Waals surface area contributed by atoms with Crippen molar-refractivity contribution in [1.82, 2.24) is 20.2 Å². The number of sulfonamides is 1. The van der Waals surface area contributed by atoms with E-state index in [1.807, 2.05) is 0 Å². The van der Waals surface area contributed by atoms with Crippen molar-refractivity contribution in [3.05, 3.63) is 42.7 Å². The van der Waals surface area contributed by atoms with Gasteiger partial charge in [0.25, 0.3) is 15.9 Å². The highest BCUT2D eigenvalue weighted by molar-refractivity contribution is 7.92. The molecule has 1 spiro atoms. The van der Waals surface area contributed by atoms with Crippen molar-refractivity contribution in [2.75, 3.05) is 16.6 Å². The van der Waals surface area contributed by atoms with Gasteiger partial charge in [0, 0.05) is 18.1 Å². The van der Waals surface area contributed by atoms with Crippen molar-refractivity contribution in [2.45, 2.75) is 50.5 Å². The number of nitrogens with zero attached hydrogens (tertiary/aromatic N) is 3. The number of aromatic nitrogens is 2. The minimum atomic E-state index is -3.92. The number of nitrogens with one attached hydrogen (secondary N) is 3. The van der Waals surface area contributed by atoms with E-state index in [1.54, 1.807) is 6.07 Å². The molecule has 1 aromatic carbocycles. The first kappa shape index (κ1) is 24.6. The molecule has 0 bridgehead atoms. The summed E-state index contributed by atoms with van der Waals surface area (Å²) in [6.07, 6.45) is 4.83. The third-order valence-electron chi connectivity index (χ3n) is 6.17. The van der Waals surface area contributed by atoms with Gasteiger partial charge in [-0.25, -0.2) is 27.9 Å². The maximum absolute atomic E-state index is 13.2. The van der Waals surface area contributed by atoms with Gasteiger partial charge in [0.15, 0.2) is 0 Å². The molecule has 1 saturated heterocycles. The predicted molar refractivity (Wildman–Crippen MR) is 128 cm³/mol. The normalized spacial score (nSPS) is 23.7. The van der Waals surface area contributed by atoms with Gasteiger partial charge in [-0.15, -0.1) is 0 Å². The molecule has 35 heavy (non-hydrogen) atoms. The monoisotopic (exact) mass is 500 g/mol. The Balaban J connectivity index is 1.40. The topological polar surface area (TPSA) is 150 Å². The molecule has 2 aromatic rings. The Kier molecular flexibility index (Phi) is 6.26. The second-order valence-electron chi connectivity index (χ2n) is 10.0. The number of carbonyl (C=O) groups is 3. The third kappa shape index (κ3) is 5.26. The third-order valence-corrected chi connectivity index (χ3v) is 7.51. The van der Waals surface area contributed by atoms with Crippen LogP contribution < -0.4 is 15.4 Å². The molecule has 4 rings (SSSR count). The molecule has 12 heteroatoms. The lowest BCUT2D eigenvalue weighted by Gasteiger charge is -2.43. The molecule has 0 radical (unpaired) electrons. The molecule has 186 valence electrons. The molecule has 11 nitrogen and oxygen atoms in total. The molecule has 2 fully saturated rings. The fourth-order valence-electron chi connectivity index (χ4n) is 5.24. The second-order valence-corrected chi connectivity index (χ2v) is 11.7. The Morgan fingerprint density at radius 1 is 1.14 bits per heavy atom. The molecule has 1 aromatic heterocycles. The molecule has 1 aliphatic heterocycles. The van der Waals surface area contributed by atoms with E-state index in [0.29, 0.717) is 18.5 Å². The maximum atomic E-state index is 13.2. The fraction of sp³-hybridized carbons (Fsp3) is 0.435.